The Morgan fingerprint density at radius 2 is 1.45 bits per heavy atom. The van der Waals surface area contributed by atoms with Gasteiger partial charge in [0.15, 0.2) is 0 Å². The number of alkyl halides is 1. The van der Waals surface area contributed by atoms with Crippen molar-refractivity contribution in [2.24, 2.45) is 11.3 Å². The third-order valence-corrected chi connectivity index (χ3v) is 4.13. The van der Waals surface area contributed by atoms with Crippen LogP contribution in [0.3, 0.4) is 0 Å². The van der Waals surface area contributed by atoms with Gasteiger partial charge in [0, 0.05) is 3.92 Å². The molecule has 66 valence electrons. The molecular formula is C10H19I. The average molecular weight is 266 g/mol. The van der Waals surface area contributed by atoms with Crippen molar-refractivity contribution in [3.8, 4) is 0 Å². The minimum absolute atomic E-state index is 0.552. The molecule has 0 aliphatic heterocycles. The number of hydrogen-bond acceptors (Lipinski definition) is 0. The Morgan fingerprint density at radius 1 is 1.00 bits per heavy atom. The molecule has 1 aliphatic carbocycles. The van der Waals surface area contributed by atoms with E-state index in [4.69, 9.17) is 0 Å². The summed E-state index contributed by atoms with van der Waals surface area (Å²) in [4.78, 5) is 0. The van der Waals surface area contributed by atoms with Crippen LogP contribution in [0, 0.1) is 11.3 Å². The summed E-state index contributed by atoms with van der Waals surface area (Å²) < 4.78 is 0.964. The van der Waals surface area contributed by atoms with Crippen LogP contribution in [0.25, 0.3) is 0 Å². The minimum Gasteiger partial charge on any atom is -0.0826 e. The van der Waals surface area contributed by atoms with Crippen molar-refractivity contribution >= 4 is 22.6 Å². The SMILES string of the molecule is CC(C)(C)C1CCC(I)CC1. The average Bonchev–Trinajstić information content (AvgIpc) is 1.86. The Hall–Kier alpha value is 0.730. The highest BCUT2D eigenvalue weighted by atomic mass is 127. The Morgan fingerprint density at radius 3 is 1.82 bits per heavy atom. The van der Waals surface area contributed by atoms with Gasteiger partial charge in [0.1, 0.15) is 0 Å². The van der Waals surface area contributed by atoms with Gasteiger partial charge < -0.3 is 0 Å². The van der Waals surface area contributed by atoms with E-state index in [9.17, 15) is 0 Å². The standard InChI is InChI=1S/C10H19I/c1-10(2,3)8-4-6-9(11)7-5-8/h8-9H,4-7H2,1-3H3. The molecule has 11 heavy (non-hydrogen) atoms. The monoisotopic (exact) mass is 266 g/mol. The van der Waals surface area contributed by atoms with Crippen molar-refractivity contribution in [3.63, 3.8) is 0 Å². The van der Waals surface area contributed by atoms with Crippen molar-refractivity contribution in [1.29, 1.82) is 0 Å². The second kappa shape index (κ2) is 3.63. The summed E-state index contributed by atoms with van der Waals surface area (Å²) in [6, 6.07) is 0. The van der Waals surface area contributed by atoms with Crippen LogP contribution in [0.1, 0.15) is 46.5 Å². The van der Waals surface area contributed by atoms with Crippen LogP contribution in [-0.2, 0) is 0 Å². The molecular weight excluding hydrogens is 247 g/mol. The van der Waals surface area contributed by atoms with E-state index in [1.54, 1.807) is 0 Å². The maximum absolute atomic E-state index is 2.59. The van der Waals surface area contributed by atoms with Gasteiger partial charge in [-0.3, -0.25) is 0 Å². The summed E-state index contributed by atoms with van der Waals surface area (Å²) in [5.74, 6) is 0.980. The number of rotatable bonds is 0. The van der Waals surface area contributed by atoms with Crippen LogP contribution in [0.5, 0.6) is 0 Å². The molecule has 0 heterocycles. The molecule has 0 atom stereocenters. The van der Waals surface area contributed by atoms with E-state index in [0.717, 1.165) is 9.84 Å². The molecule has 0 aromatic carbocycles. The number of halogens is 1. The Labute approximate surface area is 84.3 Å². The largest absolute Gasteiger partial charge is 0.0826 e. The topological polar surface area (TPSA) is 0 Å². The Balaban J connectivity index is 2.39. The molecule has 1 rings (SSSR count). The van der Waals surface area contributed by atoms with E-state index in [-0.39, 0.29) is 0 Å². The van der Waals surface area contributed by atoms with Gasteiger partial charge in [-0.1, -0.05) is 43.4 Å². The highest BCUT2D eigenvalue weighted by Gasteiger charge is 2.28. The third-order valence-electron chi connectivity index (χ3n) is 2.88. The first-order valence-corrected chi connectivity index (χ1v) is 5.89. The molecule has 0 aromatic rings. The highest BCUT2D eigenvalue weighted by molar-refractivity contribution is 14.1. The molecule has 0 radical (unpaired) electrons. The molecule has 1 fully saturated rings. The van der Waals surface area contributed by atoms with Crippen molar-refractivity contribution in [3.05, 3.63) is 0 Å². The first-order valence-electron chi connectivity index (χ1n) is 4.64. The van der Waals surface area contributed by atoms with E-state index >= 15 is 0 Å². The van der Waals surface area contributed by atoms with E-state index in [1.807, 2.05) is 0 Å². The normalized spacial score (nSPS) is 33.8. The van der Waals surface area contributed by atoms with Crippen LogP contribution in [-0.4, -0.2) is 3.92 Å². The van der Waals surface area contributed by atoms with Crippen LogP contribution in [0.2, 0.25) is 0 Å². The van der Waals surface area contributed by atoms with Gasteiger partial charge in [-0.2, -0.15) is 0 Å². The molecule has 0 nitrogen and oxygen atoms in total. The van der Waals surface area contributed by atoms with Gasteiger partial charge in [-0.05, 0) is 37.0 Å². The number of hydrogen-bond donors (Lipinski definition) is 0. The first kappa shape index (κ1) is 9.82. The fourth-order valence-electron chi connectivity index (χ4n) is 1.92. The molecule has 0 amide bonds. The summed E-state index contributed by atoms with van der Waals surface area (Å²) in [7, 11) is 0. The fourth-order valence-corrected chi connectivity index (χ4v) is 2.64. The molecule has 0 unspecified atom stereocenters. The second-order valence-corrected chi connectivity index (χ2v) is 6.58. The third kappa shape index (κ3) is 2.92. The lowest BCUT2D eigenvalue weighted by atomic mass is 9.72. The van der Waals surface area contributed by atoms with Gasteiger partial charge in [0.2, 0.25) is 0 Å². The Kier molecular flexibility index (Phi) is 3.24. The molecule has 1 saturated carbocycles. The van der Waals surface area contributed by atoms with Gasteiger partial charge >= 0.3 is 0 Å². The van der Waals surface area contributed by atoms with Crippen molar-refractivity contribution in [1.82, 2.24) is 0 Å². The summed E-state index contributed by atoms with van der Waals surface area (Å²) in [5, 5.41) is 0. The Bertz CT molecular complexity index is 115. The van der Waals surface area contributed by atoms with Crippen LogP contribution >= 0.6 is 22.6 Å². The molecule has 0 aromatic heterocycles. The van der Waals surface area contributed by atoms with Crippen LogP contribution in [0.15, 0.2) is 0 Å². The molecule has 1 heteroatoms. The van der Waals surface area contributed by atoms with Crippen molar-refractivity contribution < 1.29 is 0 Å². The maximum atomic E-state index is 2.59. The zero-order valence-corrected chi connectivity index (χ0v) is 10.0. The lowest BCUT2D eigenvalue weighted by molar-refractivity contribution is 0.184. The predicted octanol–water partition coefficient (Wildman–Crippen LogP) is 4.03. The van der Waals surface area contributed by atoms with Crippen LogP contribution in [0.4, 0.5) is 0 Å². The van der Waals surface area contributed by atoms with E-state index < -0.39 is 0 Å². The fraction of sp³-hybridized carbons (Fsp3) is 1.00. The molecule has 0 saturated heterocycles. The summed E-state index contributed by atoms with van der Waals surface area (Å²) in [5.41, 5.74) is 0.552. The smallest absolute Gasteiger partial charge is 0.0110 e. The second-order valence-electron chi connectivity index (χ2n) is 4.81. The van der Waals surface area contributed by atoms with E-state index in [1.165, 1.54) is 25.7 Å². The van der Waals surface area contributed by atoms with Crippen LogP contribution < -0.4 is 0 Å². The van der Waals surface area contributed by atoms with Gasteiger partial charge in [0.05, 0.1) is 0 Å². The van der Waals surface area contributed by atoms with Crippen molar-refractivity contribution in [2.75, 3.05) is 0 Å². The lowest BCUT2D eigenvalue weighted by Crippen LogP contribution is -2.25. The quantitative estimate of drug-likeness (QED) is 0.458. The summed E-state index contributed by atoms with van der Waals surface area (Å²) in [6.07, 6.45) is 5.80. The zero-order valence-electron chi connectivity index (χ0n) is 7.86. The predicted molar refractivity (Wildman–Crippen MR) is 59.2 cm³/mol. The van der Waals surface area contributed by atoms with Gasteiger partial charge in [0.25, 0.3) is 0 Å². The lowest BCUT2D eigenvalue weighted by Gasteiger charge is -2.35. The first-order chi connectivity index (χ1) is 5.00. The molecule has 0 bridgehead atoms. The highest BCUT2D eigenvalue weighted by Crippen LogP contribution is 2.39. The van der Waals surface area contributed by atoms with Gasteiger partial charge in [-0.15, -0.1) is 0 Å². The molecule has 1 aliphatic rings. The van der Waals surface area contributed by atoms with Gasteiger partial charge in [-0.25, -0.2) is 0 Å². The maximum Gasteiger partial charge on any atom is 0.0110 e. The van der Waals surface area contributed by atoms with E-state index in [0.29, 0.717) is 5.41 Å². The zero-order chi connectivity index (χ0) is 8.48. The minimum atomic E-state index is 0.552. The van der Waals surface area contributed by atoms with Crippen molar-refractivity contribution in [2.45, 2.75) is 50.4 Å². The summed E-state index contributed by atoms with van der Waals surface area (Å²) >= 11 is 2.59. The summed E-state index contributed by atoms with van der Waals surface area (Å²) in [6.45, 7) is 7.14. The molecule has 0 spiro atoms. The molecule has 0 N–H and O–H groups in total. The van der Waals surface area contributed by atoms with E-state index in [2.05, 4.69) is 43.4 Å².